The van der Waals surface area contributed by atoms with Crippen molar-refractivity contribution < 1.29 is 14.3 Å². The number of methoxy groups -OCH3 is 2. The molecule has 9 heteroatoms. The van der Waals surface area contributed by atoms with Crippen LogP contribution < -0.4 is 20.1 Å². The predicted molar refractivity (Wildman–Crippen MR) is 111 cm³/mol. The van der Waals surface area contributed by atoms with Gasteiger partial charge < -0.3 is 25.0 Å². The van der Waals surface area contributed by atoms with Gasteiger partial charge in [0, 0.05) is 37.0 Å². The maximum atomic E-state index is 11.9. The van der Waals surface area contributed by atoms with Crippen molar-refractivity contribution in [2.75, 3.05) is 32.6 Å². The van der Waals surface area contributed by atoms with E-state index in [0.29, 0.717) is 24.6 Å². The van der Waals surface area contributed by atoms with Crippen molar-refractivity contribution in [3.8, 4) is 11.5 Å². The van der Waals surface area contributed by atoms with E-state index < -0.39 is 0 Å². The largest absolute Gasteiger partial charge is 0.493 e. The van der Waals surface area contributed by atoms with Crippen LogP contribution in [0.5, 0.6) is 11.5 Å². The van der Waals surface area contributed by atoms with Gasteiger partial charge in [0.2, 0.25) is 5.91 Å². The molecule has 1 aromatic carbocycles. The summed E-state index contributed by atoms with van der Waals surface area (Å²) in [5.74, 6) is 2.12. The van der Waals surface area contributed by atoms with Crippen LogP contribution in [0, 0.1) is 5.92 Å². The summed E-state index contributed by atoms with van der Waals surface area (Å²) in [6.45, 7) is 4.90. The average molecular weight is 396 g/mol. The lowest BCUT2D eigenvalue weighted by Gasteiger charge is -2.29. The standard InChI is InChI=1S/C20H24N6O3/c1-4-18(27)25-8-7-13(10-25)15-11-26-20(21-12-22-26)19(24-15)23-14-5-6-16(28-2)17(9-14)29-3/h4-6,9,11-13,20H,1,7-8,10H2,2-3H3,(H,21,22)(H,23,24)/t13-,20?/m1/s1. The molecule has 0 radical (unpaired) electrons. The minimum atomic E-state index is -0.209. The second kappa shape index (κ2) is 7.86. The van der Waals surface area contributed by atoms with Crippen molar-refractivity contribution in [3.05, 3.63) is 42.8 Å². The fourth-order valence-corrected chi connectivity index (χ4v) is 3.68. The van der Waals surface area contributed by atoms with Crippen molar-refractivity contribution in [2.45, 2.75) is 12.6 Å². The topological polar surface area (TPSA) is 90.8 Å². The van der Waals surface area contributed by atoms with E-state index in [0.717, 1.165) is 23.6 Å². The first-order valence-corrected chi connectivity index (χ1v) is 9.40. The number of amides is 1. The molecular weight excluding hydrogens is 372 g/mol. The molecule has 3 aliphatic rings. The van der Waals surface area contributed by atoms with Crippen LogP contribution in [0.2, 0.25) is 0 Å². The molecule has 0 saturated carbocycles. The van der Waals surface area contributed by atoms with Gasteiger partial charge in [-0.15, -0.1) is 0 Å². The molecule has 29 heavy (non-hydrogen) atoms. The number of likely N-dealkylation sites (tertiary alicyclic amines) is 1. The van der Waals surface area contributed by atoms with Crippen LogP contribution >= 0.6 is 0 Å². The first kappa shape index (κ1) is 18.9. The number of aliphatic imine (C=N–C) groups is 1. The molecule has 2 atom stereocenters. The van der Waals surface area contributed by atoms with E-state index >= 15 is 0 Å². The highest BCUT2D eigenvalue weighted by Crippen LogP contribution is 2.32. The zero-order valence-electron chi connectivity index (χ0n) is 16.5. The Morgan fingerprint density at radius 1 is 1.34 bits per heavy atom. The van der Waals surface area contributed by atoms with Crippen molar-refractivity contribution >= 4 is 23.8 Å². The van der Waals surface area contributed by atoms with Crippen molar-refractivity contribution in [2.24, 2.45) is 16.0 Å². The Bertz CT molecular complexity index is 909. The number of rotatable bonds is 5. The number of nitrogens with zero attached hydrogens (tertiary/aromatic N) is 4. The molecule has 1 fully saturated rings. The monoisotopic (exact) mass is 396 g/mol. The molecule has 4 rings (SSSR count). The van der Waals surface area contributed by atoms with E-state index in [4.69, 9.17) is 14.5 Å². The molecule has 0 spiro atoms. The van der Waals surface area contributed by atoms with Gasteiger partial charge in [-0.3, -0.25) is 4.79 Å². The summed E-state index contributed by atoms with van der Waals surface area (Å²) in [5.41, 5.74) is 1.72. The molecule has 0 aliphatic carbocycles. The highest BCUT2D eigenvalue weighted by Gasteiger charge is 2.34. The molecule has 1 saturated heterocycles. The number of anilines is 1. The van der Waals surface area contributed by atoms with Crippen molar-refractivity contribution in [3.63, 3.8) is 0 Å². The number of carbonyl (C=O) groups excluding carboxylic acids is 1. The third-order valence-electron chi connectivity index (χ3n) is 5.21. The fraction of sp³-hybridized carbons (Fsp3) is 0.350. The Morgan fingerprint density at radius 2 is 2.17 bits per heavy atom. The van der Waals surface area contributed by atoms with Gasteiger partial charge >= 0.3 is 0 Å². The molecule has 1 amide bonds. The normalized spacial score (nSPS) is 22.4. The van der Waals surface area contributed by atoms with Gasteiger partial charge in [0.25, 0.3) is 0 Å². The number of hydrogen-bond donors (Lipinski definition) is 2. The maximum absolute atomic E-state index is 11.9. The Morgan fingerprint density at radius 3 is 2.93 bits per heavy atom. The molecule has 0 aromatic heterocycles. The number of nitrogens with one attached hydrogen (secondary N) is 2. The van der Waals surface area contributed by atoms with Crippen LogP contribution in [0.25, 0.3) is 0 Å². The van der Waals surface area contributed by atoms with E-state index in [-0.39, 0.29) is 18.0 Å². The molecular formula is C20H24N6O3. The molecule has 1 unspecified atom stereocenters. The van der Waals surface area contributed by atoms with Crippen LogP contribution in [0.4, 0.5) is 5.69 Å². The van der Waals surface area contributed by atoms with Crippen LogP contribution in [0.15, 0.2) is 52.8 Å². The summed E-state index contributed by atoms with van der Waals surface area (Å²) in [7, 11) is 3.21. The molecule has 9 nitrogen and oxygen atoms in total. The fourth-order valence-electron chi connectivity index (χ4n) is 3.68. The number of carbonyl (C=O) groups is 1. The summed E-state index contributed by atoms with van der Waals surface area (Å²) < 4.78 is 10.7. The lowest BCUT2D eigenvalue weighted by atomic mass is 10.0. The minimum absolute atomic E-state index is 0.0460. The van der Waals surface area contributed by atoms with E-state index in [1.165, 1.54) is 6.08 Å². The molecule has 2 N–H and O–H groups in total. The third kappa shape index (κ3) is 3.63. The van der Waals surface area contributed by atoms with Crippen molar-refractivity contribution in [1.82, 2.24) is 15.2 Å². The highest BCUT2D eigenvalue weighted by atomic mass is 16.5. The maximum Gasteiger partial charge on any atom is 0.245 e. The van der Waals surface area contributed by atoms with Gasteiger partial charge in [0.1, 0.15) is 6.34 Å². The number of fused-ring (bicyclic) bond motifs is 1. The van der Waals surface area contributed by atoms with Gasteiger partial charge in [-0.05, 0) is 24.6 Å². The first-order valence-electron chi connectivity index (χ1n) is 9.40. The number of hydrogen-bond acceptors (Lipinski definition) is 8. The Hall–Kier alpha value is -3.49. The summed E-state index contributed by atoms with van der Waals surface area (Å²) in [6, 6.07) is 5.61. The second-order valence-electron chi connectivity index (χ2n) is 6.91. The smallest absolute Gasteiger partial charge is 0.245 e. The van der Waals surface area contributed by atoms with Gasteiger partial charge in [0.15, 0.2) is 23.5 Å². The summed E-state index contributed by atoms with van der Waals surface area (Å²) in [5, 5.41) is 12.8. The Labute approximate surface area is 169 Å². The van der Waals surface area contributed by atoms with Gasteiger partial charge in [0.05, 0.1) is 19.9 Å². The van der Waals surface area contributed by atoms with Gasteiger partial charge in [-0.2, -0.15) is 5.10 Å². The zero-order chi connectivity index (χ0) is 20.4. The van der Waals surface area contributed by atoms with Crippen molar-refractivity contribution in [1.29, 1.82) is 0 Å². The van der Waals surface area contributed by atoms with E-state index in [1.54, 1.807) is 25.5 Å². The number of hydrazone groups is 1. The molecule has 0 bridgehead atoms. The number of benzene rings is 1. The average Bonchev–Trinajstić information content (AvgIpc) is 3.42. The molecule has 152 valence electrons. The lowest BCUT2D eigenvalue weighted by molar-refractivity contribution is -0.125. The summed E-state index contributed by atoms with van der Waals surface area (Å²) in [4.78, 5) is 18.6. The SMILES string of the molecule is C=CC(=O)N1CC[C@@H](C2=CN3N=CNC3C(Nc3ccc(OC)c(OC)c3)=N2)C1. The molecule has 3 aliphatic heterocycles. The quantitative estimate of drug-likeness (QED) is 0.735. The van der Waals surface area contributed by atoms with E-state index in [2.05, 4.69) is 22.3 Å². The lowest BCUT2D eigenvalue weighted by Crippen LogP contribution is -2.46. The zero-order valence-corrected chi connectivity index (χ0v) is 16.5. The highest BCUT2D eigenvalue weighted by molar-refractivity contribution is 6.02. The number of ether oxygens (including phenoxy) is 2. The minimum Gasteiger partial charge on any atom is -0.493 e. The number of amidine groups is 1. The Balaban J connectivity index is 1.57. The third-order valence-corrected chi connectivity index (χ3v) is 5.21. The van der Waals surface area contributed by atoms with Gasteiger partial charge in [-0.25, -0.2) is 10.0 Å². The van der Waals surface area contributed by atoms with Crippen LogP contribution in [-0.4, -0.2) is 61.5 Å². The second-order valence-corrected chi connectivity index (χ2v) is 6.91. The summed E-state index contributed by atoms with van der Waals surface area (Å²) in [6.07, 6.45) is 5.59. The van der Waals surface area contributed by atoms with Crippen LogP contribution in [0.1, 0.15) is 6.42 Å². The predicted octanol–water partition coefficient (Wildman–Crippen LogP) is 1.58. The Kier molecular flexibility index (Phi) is 5.11. The van der Waals surface area contributed by atoms with Crippen LogP contribution in [0.3, 0.4) is 0 Å². The van der Waals surface area contributed by atoms with E-state index in [1.807, 2.05) is 29.4 Å². The first-order chi connectivity index (χ1) is 14.1. The molecule has 3 heterocycles. The van der Waals surface area contributed by atoms with Gasteiger partial charge in [-0.1, -0.05) is 6.58 Å². The van der Waals surface area contributed by atoms with Crippen LogP contribution in [-0.2, 0) is 4.79 Å². The van der Waals surface area contributed by atoms with E-state index in [9.17, 15) is 4.79 Å². The summed E-state index contributed by atoms with van der Waals surface area (Å²) >= 11 is 0. The molecule has 1 aromatic rings.